The van der Waals surface area contributed by atoms with E-state index in [2.05, 4.69) is 10.6 Å². The van der Waals surface area contributed by atoms with E-state index in [9.17, 15) is 24.0 Å². The van der Waals surface area contributed by atoms with Crippen LogP contribution in [0.15, 0.2) is 95.9 Å². The third-order valence-corrected chi connectivity index (χ3v) is 6.11. The Bertz CT molecular complexity index is 1440. The molecule has 42 heavy (non-hydrogen) atoms. The van der Waals surface area contributed by atoms with Gasteiger partial charge in [0.15, 0.2) is 0 Å². The fraction of sp³-hybridized carbons (Fsp3) is 0.258. The van der Waals surface area contributed by atoms with Crippen LogP contribution < -0.4 is 21.9 Å². The predicted molar refractivity (Wildman–Crippen MR) is 156 cm³/mol. The van der Waals surface area contributed by atoms with Crippen molar-refractivity contribution in [2.45, 2.75) is 44.9 Å². The van der Waals surface area contributed by atoms with Crippen LogP contribution in [-0.2, 0) is 36.9 Å². The second kappa shape index (κ2) is 16.2. The van der Waals surface area contributed by atoms with E-state index in [4.69, 9.17) is 15.2 Å². The van der Waals surface area contributed by atoms with Gasteiger partial charge in [-0.2, -0.15) is 0 Å². The molecule has 2 atom stereocenters. The SMILES string of the molecule is CCOC(=O)/C=C/[C@H](CCC(N)=O)NC(=O)[C@H](Cc1ccccc1)n1cccc(NC(=O)OCc2ccccc2)c1=O. The summed E-state index contributed by atoms with van der Waals surface area (Å²) < 4.78 is 11.4. The first-order chi connectivity index (χ1) is 20.3. The topological polar surface area (TPSA) is 159 Å². The van der Waals surface area contributed by atoms with E-state index in [-0.39, 0.29) is 38.2 Å². The number of anilines is 1. The first kappa shape index (κ1) is 31.3. The van der Waals surface area contributed by atoms with Crippen molar-refractivity contribution in [2.75, 3.05) is 11.9 Å². The number of hydrogen-bond donors (Lipinski definition) is 3. The Kier molecular flexibility index (Phi) is 12.1. The highest BCUT2D eigenvalue weighted by molar-refractivity contribution is 5.85. The number of ether oxygens (including phenoxy) is 2. The summed E-state index contributed by atoms with van der Waals surface area (Å²) in [5.41, 5.74) is 6.16. The van der Waals surface area contributed by atoms with E-state index in [1.165, 1.54) is 35.0 Å². The smallest absolute Gasteiger partial charge is 0.412 e. The van der Waals surface area contributed by atoms with Crippen molar-refractivity contribution in [1.82, 2.24) is 9.88 Å². The summed E-state index contributed by atoms with van der Waals surface area (Å²) in [6, 6.07) is 19.3. The van der Waals surface area contributed by atoms with E-state index < -0.39 is 41.5 Å². The number of nitrogens with zero attached hydrogens (tertiary/aromatic N) is 1. The summed E-state index contributed by atoms with van der Waals surface area (Å²) in [5, 5.41) is 5.26. The predicted octanol–water partition coefficient (Wildman–Crippen LogP) is 3.25. The van der Waals surface area contributed by atoms with E-state index >= 15 is 0 Å². The fourth-order valence-electron chi connectivity index (χ4n) is 4.05. The number of aromatic nitrogens is 1. The number of amides is 3. The van der Waals surface area contributed by atoms with Gasteiger partial charge in [0.05, 0.1) is 6.61 Å². The standard InChI is InChI=1S/C31H34N4O7/c1-2-41-28(37)18-16-24(15-17-27(32)36)33-29(38)26(20-22-10-5-3-6-11-22)35-19-9-14-25(30(35)39)34-31(40)42-21-23-12-7-4-8-13-23/h3-14,16,18-19,24,26H,2,15,17,20-21H2,1H3,(H2,32,36)(H,33,38)(H,34,40)/b18-16+/t24-,26-/m0/s1. The van der Waals surface area contributed by atoms with Crippen molar-refractivity contribution < 1.29 is 28.7 Å². The van der Waals surface area contributed by atoms with Gasteiger partial charge in [0, 0.05) is 31.2 Å². The number of nitrogens with two attached hydrogens (primary N) is 1. The molecule has 0 spiro atoms. The highest BCUT2D eigenvalue weighted by Crippen LogP contribution is 2.16. The zero-order valence-corrected chi connectivity index (χ0v) is 23.2. The number of rotatable bonds is 14. The van der Waals surface area contributed by atoms with Crippen LogP contribution >= 0.6 is 0 Å². The molecule has 3 amide bonds. The molecule has 0 aliphatic heterocycles. The second-order valence-corrected chi connectivity index (χ2v) is 9.26. The molecular weight excluding hydrogens is 540 g/mol. The Morgan fingerprint density at radius 2 is 1.60 bits per heavy atom. The molecule has 2 aromatic carbocycles. The molecule has 0 bridgehead atoms. The van der Waals surface area contributed by atoms with Gasteiger partial charge in [-0.25, -0.2) is 9.59 Å². The Morgan fingerprint density at radius 3 is 2.24 bits per heavy atom. The Morgan fingerprint density at radius 1 is 0.929 bits per heavy atom. The van der Waals surface area contributed by atoms with Gasteiger partial charge >= 0.3 is 12.1 Å². The van der Waals surface area contributed by atoms with Crippen molar-refractivity contribution in [1.29, 1.82) is 0 Å². The van der Waals surface area contributed by atoms with Crippen molar-refractivity contribution in [3.05, 3.63) is 113 Å². The van der Waals surface area contributed by atoms with Gasteiger partial charge in [-0.05, 0) is 36.6 Å². The molecule has 0 aliphatic rings. The van der Waals surface area contributed by atoms with E-state index in [0.29, 0.717) is 0 Å². The number of hydrogen-bond acceptors (Lipinski definition) is 7. The number of carbonyl (C=O) groups is 4. The summed E-state index contributed by atoms with van der Waals surface area (Å²) in [5.74, 6) is -1.73. The van der Waals surface area contributed by atoms with E-state index in [0.717, 1.165) is 11.1 Å². The lowest BCUT2D eigenvalue weighted by molar-refractivity contribution is -0.137. The minimum Gasteiger partial charge on any atom is -0.463 e. The lowest BCUT2D eigenvalue weighted by Gasteiger charge is -2.23. The molecule has 1 heterocycles. The number of esters is 1. The van der Waals surface area contributed by atoms with Crippen LogP contribution in [0.3, 0.4) is 0 Å². The highest BCUT2D eigenvalue weighted by atomic mass is 16.5. The quantitative estimate of drug-likeness (QED) is 0.197. The number of benzene rings is 2. The Balaban J connectivity index is 1.85. The normalized spacial score (nSPS) is 12.2. The van der Waals surface area contributed by atoms with Crippen LogP contribution in [0.1, 0.15) is 36.9 Å². The summed E-state index contributed by atoms with van der Waals surface area (Å²) in [7, 11) is 0. The lowest BCUT2D eigenvalue weighted by Crippen LogP contribution is -2.43. The number of primary amides is 1. The molecule has 220 valence electrons. The third kappa shape index (κ3) is 10.1. The van der Waals surface area contributed by atoms with E-state index in [1.54, 1.807) is 19.1 Å². The first-order valence-corrected chi connectivity index (χ1v) is 13.4. The van der Waals surface area contributed by atoms with Crippen LogP contribution in [0.2, 0.25) is 0 Å². The summed E-state index contributed by atoms with van der Waals surface area (Å²) >= 11 is 0. The minimum atomic E-state index is -1.05. The molecule has 11 nitrogen and oxygen atoms in total. The molecule has 0 aliphatic carbocycles. The molecule has 11 heteroatoms. The maximum atomic E-state index is 13.7. The number of pyridine rings is 1. The zero-order valence-electron chi connectivity index (χ0n) is 23.2. The molecular formula is C31H34N4O7. The monoisotopic (exact) mass is 574 g/mol. The molecule has 0 saturated heterocycles. The fourth-order valence-corrected chi connectivity index (χ4v) is 4.05. The average molecular weight is 575 g/mol. The maximum absolute atomic E-state index is 13.7. The lowest BCUT2D eigenvalue weighted by atomic mass is 10.0. The summed E-state index contributed by atoms with van der Waals surface area (Å²) in [6.45, 7) is 1.85. The largest absolute Gasteiger partial charge is 0.463 e. The van der Waals surface area contributed by atoms with Crippen LogP contribution in [0.5, 0.6) is 0 Å². The molecule has 0 unspecified atom stereocenters. The van der Waals surface area contributed by atoms with Crippen molar-refractivity contribution >= 4 is 29.6 Å². The molecule has 3 rings (SSSR count). The number of nitrogens with one attached hydrogen (secondary N) is 2. The van der Waals surface area contributed by atoms with E-state index in [1.807, 2.05) is 48.5 Å². The molecule has 3 aromatic rings. The number of carbonyl (C=O) groups excluding carboxylic acids is 4. The Labute approximate surface area is 243 Å². The minimum absolute atomic E-state index is 0.0126. The van der Waals surface area contributed by atoms with Gasteiger partial charge in [0.2, 0.25) is 11.8 Å². The molecule has 4 N–H and O–H groups in total. The second-order valence-electron chi connectivity index (χ2n) is 9.26. The molecule has 1 aromatic heterocycles. The van der Waals surface area contributed by atoms with Gasteiger partial charge in [-0.15, -0.1) is 0 Å². The Hall–Kier alpha value is -5.19. The highest BCUT2D eigenvalue weighted by Gasteiger charge is 2.25. The molecule has 0 saturated carbocycles. The van der Waals surface area contributed by atoms with Gasteiger partial charge in [0.25, 0.3) is 5.56 Å². The van der Waals surface area contributed by atoms with Crippen LogP contribution in [0.25, 0.3) is 0 Å². The molecule has 0 fully saturated rings. The summed E-state index contributed by atoms with van der Waals surface area (Å²) in [4.78, 5) is 62.9. The van der Waals surface area contributed by atoms with Crippen molar-refractivity contribution in [2.24, 2.45) is 5.73 Å². The van der Waals surface area contributed by atoms with Gasteiger partial charge < -0.3 is 25.1 Å². The average Bonchev–Trinajstić information content (AvgIpc) is 2.98. The van der Waals surface area contributed by atoms with Gasteiger partial charge in [-0.1, -0.05) is 66.7 Å². The van der Waals surface area contributed by atoms with Gasteiger partial charge in [0.1, 0.15) is 18.3 Å². The first-order valence-electron chi connectivity index (χ1n) is 13.4. The van der Waals surface area contributed by atoms with Crippen molar-refractivity contribution in [3.8, 4) is 0 Å². The van der Waals surface area contributed by atoms with Crippen LogP contribution in [-0.4, -0.2) is 41.1 Å². The summed E-state index contributed by atoms with van der Waals surface area (Å²) in [6.07, 6.45) is 3.42. The molecule has 0 radical (unpaired) electrons. The third-order valence-electron chi connectivity index (χ3n) is 6.11. The van der Waals surface area contributed by atoms with Crippen molar-refractivity contribution in [3.63, 3.8) is 0 Å². The van der Waals surface area contributed by atoms with Crippen LogP contribution in [0, 0.1) is 0 Å². The van der Waals surface area contributed by atoms with Crippen LogP contribution in [0.4, 0.5) is 10.5 Å². The van der Waals surface area contributed by atoms with Gasteiger partial charge in [-0.3, -0.25) is 19.7 Å². The zero-order chi connectivity index (χ0) is 30.3. The maximum Gasteiger partial charge on any atom is 0.412 e.